The van der Waals surface area contributed by atoms with Crippen molar-refractivity contribution >= 4 is 17.7 Å². The second-order valence-electron chi connectivity index (χ2n) is 1.76. The molecule has 0 saturated heterocycles. The first-order valence-electron chi connectivity index (χ1n) is 3.21. The van der Waals surface area contributed by atoms with E-state index in [2.05, 4.69) is 19.7 Å². The van der Waals surface area contributed by atoms with Gasteiger partial charge in [0.1, 0.15) is 0 Å². The van der Waals surface area contributed by atoms with E-state index in [1.54, 1.807) is 6.08 Å². The van der Waals surface area contributed by atoms with Crippen LogP contribution < -0.4 is 0 Å². The van der Waals surface area contributed by atoms with Gasteiger partial charge in [0.05, 0.1) is 0 Å². The van der Waals surface area contributed by atoms with E-state index < -0.39 is 0 Å². The molecule has 0 aromatic heterocycles. The van der Waals surface area contributed by atoms with E-state index in [0.29, 0.717) is 0 Å². The van der Waals surface area contributed by atoms with Gasteiger partial charge >= 0.3 is 0 Å². The first-order valence-corrected chi connectivity index (χ1v) is 3.59. The maximum absolute atomic E-state index is 5.68. The van der Waals surface area contributed by atoms with Gasteiger partial charge in [-0.05, 0) is 17.7 Å². The lowest BCUT2D eigenvalue weighted by Gasteiger charge is -1.90. The van der Waals surface area contributed by atoms with Gasteiger partial charge in [-0.1, -0.05) is 36.4 Å². The largest absolute Gasteiger partial charge is 0.106 e. The maximum atomic E-state index is 5.68. The second kappa shape index (κ2) is 5.75. The molecule has 0 fully saturated rings. The van der Waals surface area contributed by atoms with Crippen LogP contribution in [0, 0.1) is 0 Å². The Labute approximate surface area is 72.8 Å². The van der Waals surface area contributed by atoms with E-state index in [1.165, 1.54) is 0 Å². The van der Waals surface area contributed by atoms with Crippen LogP contribution in [-0.2, 0) is 0 Å². The van der Waals surface area contributed by atoms with Crippen molar-refractivity contribution in [2.75, 3.05) is 0 Å². The average molecular weight is 167 g/mol. The van der Waals surface area contributed by atoms with Crippen molar-refractivity contribution in [3.8, 4) is 0 Å². The van der Waals surface area contributed by atoms with E-state index in [0.717, 1.165) is 10.6 Å². The first kappa shape index (κ1) is 9.99. The fourth-order valence-corrected chi connectivity index (χ4v) is 0.832. The summed E-state index contributed by atoms with van der Waals surface area (Å²) in [5, 5.41) is 0.757. The minimum atomic E-state index is 0.757. The van der Waals surface area contributed by atoms with Crippen LogP contribution in [0.4, 0.5) is 0 Å². The molecule has 1 aromatic rings. The average Bonchev–Trinajstić information content (AvgIpc) is 2.08. The topological polar surface area (TPSA) is 0 Å². The van der Waals surface area contributed by atoms with Gasteiger partial charge in [-0.2, -0.15) is 0 Å². The van der Waals surface area contributed by atoms with Gasteiger partial charge in [0.15, 0.2) is 0 Å². The van der Waals surface area contributed by atoms with Crippen molar-refractivity contribution in [1.82, 2.24) is 0 Å². The van der Waals surface area contributed by atoms with Gasteiger partial charge in [0, 0.05) is 5.02 Å². The number of hydrogen-bond donors (Lipinski definition) is 0. The Balaban J connectivity index is 0.000000461. The van der Waals surface area contributed by atoms with Crippen LogP contribution >= 0.6 is 11.6 Å². The van der Waals surface area contributed by atoms with E-state index in [9.17, 15) is 0 Å². The summed E-state index contributed by atoms with van der Waals surface area (Å²) in [6.07, 6.45) is 1.77. The highest BCUT2D eigenvalue weighted by Gasteiger charge is 1.85. The molecule has 0 N–H and O–H groups in total. The van der Waals surface area contributed by atoms with Crippen LogP contribution in [0.2, 0.25) is 5.02 Å². The van der Waals surface area contributed by atoms with Gasteiger partial charge in [0.25, 0.3) is 0 Å². The number of hydrogen-bond acceptors (Lipinski definition) is 0. The lowest BCUT2D eigenvalue weighted by molar-refractivity contribution is 1.66. The van der Waals surface area contributed by atoms with Crippen molar-refractivity contribution in [3.05, 3.63) is 54.6 Å². The molecule has 0 unspecified atom stereocenters. The molecular formula is C10H11Cl. The third-order valence-electron chi connectivity index (χ3n) is 1.08. The predicted molar refractivity (Wildman–Crippen MR) is 52.8 cm³/mol. The normalized spacial score (nSPS) is 7.73. The van der Waals surface area contributed by atoms with Crippen molar-refractivity contribution in [2.45, 2.75) is 0 Å². The van der Waals surface area contributed by atoms with Crippen LogP contribution in [0.25, 0.3) is 6.08 Å². The molecule has 0 radical (unpaired) electrons. The quantitative estimate of drug-likeness (QED) is 0.557. The van der Waals surface area contributed by atoms with Gasteiger partial charge in [-0.3, -0.25) is 0 Å². The second-order valence-corrected chi connectivity index (χ2v) is 2.20. The zero-order valence-corrected chi connectivity index (χ0v) is 7.14. The standard InChI is InChI=1S/C8H7Cl.C2H4/c1-2-7-4-3-5-8(9)6-7;1-2/h2-6H,1H2;1-2H2. The maximum Gasteiger partial charge on any atom is 0.0411 e. The molecule has 0 heterocycles. The fraction of sp³-hybridized carbons (Fsp3) is 0. The Bertz CT molecular complexity index is 228. The van der Waals surface area contributed by atoms with Gasteiger partial charge in [-0.25, -0.2) is 0 Å². The fourth-order valence-electron chi connectivity index (χ4n) is 0.634. The molecular weight excluding hydrogens is 156 g/mol. The van der Waals surface area contributed by atoms with Crippen molar-refractivity contribution < 1.29 is 0 Å². The molecule has 0 aliphatic carbocycles. The molecule has 0 aliphatic rings. The lowest BCUT2D eigenvalue weighted by atomic mass is 10.2. The highest BCUT2D eigenvalue weighted by Crippen LogP contribution is 2.10. The summed E-state index contributed by atoms with van der Waals surface area (Å²) in [6.45, 7) is 9.61. The molecule has 1 aromatic carbocycles. The highest BCUT2D eigenvalue weighted by molar-refractivity contribution is 6.30. The minimum absolute atomic E-state index is 0.757. The number of benzene rings is 1. The molecule has 0 amide bonds. The molecule has 58 valence electrons. The van der Waals surface area contributed by atoms with Gasteiger partial charge < -0.3 is 0 Å². The Morgan fingerprint density at radius 1 is 1.27 bits per heavy atom. The van der Waals surface area contributed by atoms with Crippen molar-refractivity contribution in [2.24, 2.45) is 0 Å². The third-order valence-corrected chi connectivity index (χ3v) is 1.32. The summed E-state index contributed by atoms with van der Waals surface area (Å²) in [5.74, 6) is 0. The third kappa shape index (κ3) is 3.64. The molecule has 1 heteroatoms. The summed E-state index contributed by atoms with van der Waals surface area (Å²) in [4.78, 5) is 0. The summed E-state index contributed by atoms with van der Waals surface area (Å²) in [7, 11) is 0. The molecule has 1 rings (SSSR count). The SMILES string of the molecule is C=C.C=Cc1cccc(Cl)c1. The van der Waals surface area contributed by atoms with E-state index in [-0.39, 0.29) is 0 Å². The van der Waals surface area contributed by atoms with Gasteiger partial charge in [-0.15, -0.1) is 13.2 Å². The predicted octanol–water partition coefficient (Wildman–Crippen LogP) is 3.79. The van der Waals surface area contributed by atoms with Crippen LogP contribution in [0.1, 0.15) is 5.56 Å². The zero-order valence-electron chi connectivity index (χ0n) is 6.39. The Kier molecular flexibility index (Phi) is 5.22. The monoisotopic (exact) mass is 166 g/mol. The van der Waals surface area contributed by atoms with Crippen LogP contribution in [0.3, 0.4) is 0 Å². The van der Waals surface area contributed by atoms with E-state index >= 15 is 0 Å². The molecule has 0 nitrogen and oxygen atoms in total. The van der Waals surface area contributed by atoms with Crippen LogP contribution in [0.15, 0.2) is 44.0 Å². The molecule has 0 aliphatic heterocycles. The molecule has 0 bridgehead atoms. The Hall–Kier alpha value is -1.01. The summed E-state index contributed by atoms with van der Waals surface area (Å²) in [6, 6.07) is 7.57. The van der Waals surface area contributed by atoms with Crippen molar-refractivity contribution in [1.29, 1.82) is 0 Å². The summed E-state index contributed by atoms with van der Waals surface area (Å²) in [5.41, 5.74) is 1.06. The van der Waals surface area contributed by atoms with Crippen LogP contribution in [0.5, 0.6) is 0 Å². The first-order chi connectivity index (χ1) is 5.33. The Morgan fingerprint density at radius 3 is 2.27 bits per heavy atom. The zero-order chi connectivity index (χ0) is 8.69. The summed E-state index contributed by atoms with van der Waals surface area (Å²) >= 11 is 5.68. The molecule has 0 saturated carbocycles. The lowest BCUT2D eigenvalue weighted by Crippen LogP contribution is -1.67. The molecule has 0 spiro atoms. The highest BCUT2D eigenvalue weighted by atomic mass is 35.5. The van der Waals surface area contributed by atoms with Crippen LogP contribution in [-0.4, -0.2) is 0 Å². The van der Waals surface area contributed by atoms with E-state index in [4.69, 9.17) is 11.6 Å². The summed E-state index contributed by atoms with van der Waals surface area (Å²) < 4.78 is 0. The Morgan fingerprint density at radius 2 is 1.91 bits per heavy atom. The minimum Gasteiger partial charge on any atom is -0.106 e. The molecule has 11 heavy (non-hydrogen) atoms. The molecule has 0 atom stereocenters. The smallest absolute Gasteiger partial charge is 0.0411 e. The number of rotatable bonds is 1. The van der Waals surface area contributed by atoms with E-state index in [1.807, 2.05) is 24.3 Å². The number of halogens is 1. The van der Waals surface area contributed by atoms with Crippen molar-refractivity contribution in [3.63, 3.8) is 0 Å². The van der Waals surface area contributed by atoms with Gasteiger partial charge in [0.2, 0.25) is 0 Å².